The topological polar surface area (TPSA) is 78.9 Å². The van der Waals surface area contributed by atoms with Crippen molar-refractivity contribution in [3.05, 3.63) is 134 Å². The van der Waals surface area contributed by atoms with Gasteiger partial charge in [-0.15, -0.1) is 0 Å². The smallest absolute Gasteiger partial charge is 0.306 e. The van der Waals surface area contributed by atoms with E-state index in [0.717, 1.165) is 135 Å². The van der Waals surface area contributed by atoms with Gasteiger partial charge in [-0.2, -0.15) is 0 Å². The number of carbonyl (C=O) groups is 3. The maximum Gasteiger partial charge on any atom is 0.306 e. The predicted octanol–water partition coefficient (Wildman–Crippen LogP) is 24.1. The molecule has 0 aliphatic rings. The standard InChI is InChI=1S/C77H128O6/c1-4-7-10-13-16-19-22-25-28-31-32-33-34-35-36-37-38-39-40-41-42-43-44-47-49-52-55-58-61-64-67-70-76(79)82-73-74(83-77(80)71-68-65-62-59-56-53-50-46-30-27-24-21-18-15-12-9-6-3)72-81-75(78)69-66-63-60-57-54-51-48-45-29-26-23-20-17-14-11-8-5-2/h7,9-10,12,16,18-19,21,25-30,32-33,35-36,38-39,41-42,74H,4-6,8,11,13-15,17,20,22-24,31,34,37,40,43-73H2,1-3H3/b10-7-,12-9-,19-16-,21-18-,28-25-,29-26-,30-27-,33-32-,36-35-,39-38-,42-41-. The number of ether oxygens (including phenoxy) is 3. The van der Waals surface area contributed by atoms with Gasteiger partial charge in [0.25, 0.3) is 0 Å². The summed E-state index contributed by atoms with van der Waals surface area (Å²) in [6.45, 7) is 6.42. The van der Waals surface area contributed by atoms with Crippen molar-refractivity contribution in [3.8, 4) is 0 Å². The van der Waals surface area contributed by atoms with Crippen LogP contribution in [0.5, 0.6) is 0 Å². The molecule has 0 bridgehead atoms. The molecule has 0 radical (unpaired) electrons. The zero-order valence-corrected chi connectivity index (χ0v) is 54.2. The first-order chi connectivity index (χ1) is 41.0. The SMILES string of the molecule is CC/C=C\C/C=C\C/C=C\C/C=C\C/C=C\C/C=C\C/C=C\CCCCCCCCCCCC(=O)OCC(COC(=O)CCCCCCCCC/C=C\CCCCCCCC)OC(=O)CCCCCCCCC/C=C\C/C=C\C/C=C\CC. The van der Waals surface area contributed by atoms with E-state index < -0.39 is 6.10 Å². The number of hydrogen-bond donors (Lipinski definition) is 0. The highest BCUT2D eigenvalue weighted by molar-refractivity contribution is 5.71. The lowest BCUT2D eigenvalue weighted by molar-refractivity contribution is -0.167. The van der Waals surface area contributed by atoms with Crippen molar-refractivity contribution in [2.75, 3.05) is 13.2 Å². The maximum absolute atomic E-state index is 12.9. The van der Waals surface area contributed by atoms with E-state index in [-0.39, 0.29) is 31.1 Å². The molecule has 0 aromatic carbocycles. The Morgan fingerprint density at radius 1 is 0.253 bits per heavy atom. The minimum atomic E-state index is -0.793. The zero-order chi connectivity index (χ0) is 59.9. The normalized spacial score (nSPS) is 13.0. The third-order valence-corrected chi connectivity index (χ3v) is 14.6. The van der Waals surface area contributed by atoms with Crippen molar-refractivity contribution in [2.45, 2.75) is 322 Å². The number of rotatable bonds is 62. The summed E-state index contributed by atoms with van der Waals surface area (Å²) in [7, 11) is 0. The highest BCUT2D eigenvalue weighted by atomic mass is 16.6. The Kier molecular flexibility index (Phi) is 66.3. The molecule has 0 rings (SSSR count). The third-order valence-electron chi connectivity index (χ3n) is 14.6. The van der Waals surface area contributed by atoms with Gasteiger partial charge in [0, 0.05) is 19.3 Å². The van der Waals surface area contributed by atoms with Crippen LogP contribution in [0.4, 0.5) is 0 Å². The van der Waals surface area contributed by atoms with Crippen molar-refractivity contribution in [3.63, 3.8) is 0 Å². The maximum atomic E-state index is 12.9. The Labute approximate surface area is 513 Å². The quantitative estimate of drug-likeness (QED) is 0.0261. The van der Waals surface area contributed by atoms with E-state index in [9.17, 15) is 14.4 Å². The molecule has 1 atom stereocenters. The van der Waals surface area contributed by atoms with E-state index in [4.69, 9.17) is 14.2 Å². The molecule has 0 amide bonds. The van der Waals surface area contributed by atoms with Crippen molar-refractivity contribution in [1.82, 2.24) is 0 Å². The minimum absolute atomic E-state index is 0.0877. The summed E-state index contributed by atoms with van der Waals surface area (Å²) in [5.41, 5.74) is 0. The van der Waals surface area contributed by atoms with Gasteiger partial charge >= 0.3 is 17.9 Å². The summed E-state index contributed by atoms with van der Waals surface area (Å²) >= 11 is 0. The van der Waals surface area contributed by atoms with Gasteiger partial charge in [0.2, 0.25) is 0 Å². The molecule has 1 unspecified atom stereocenters. The van der Waals surface area contributed by atoms with Crippen LogP contribution in [0.1, 0.15) is 316 Å². The van der Waals surface area contributed by atoms with Gasteiger partial charge in [-0.05, 0) is 135 Å². The first kappa shape index (κ1) is 78.5. The number of allylic oxidation sites excluding steroid dienone is 22. The Bertz CT molecular complexity index is 1750. The first-order valence-corrected chi connectivity index (χ1v) is 34.7. The van der Waals surface area contributed by atoms with Crippen LogP contribution in [0.2, 0.25) is 0 Å². The van der Waals surface area contributed by atoms with Gasteiger partial charge in [0.05, 0.1) is 0 Å². The average molecular weight is 1150 g/mol. The van der Waals surface area contributed by atoms with Crippen molar-refractivity contribution in [1.29, 1.82) is 0 Å². The molecule has 0 heterocycles. The molecule has 0 aromatic rings. The molecule has 0 aliphatic heterocycles. The van der Waals surface area contributed by atoms with Gasteiger partial charge in [-0.1, -0.05) is 296 Å². The van der Waals surface area contributed by atoms with E-state index in [0.29, 0.717) is 19.3 Å². The van der Waals surface area contributed by atoms with E-state index >= 15 is 0 Å². The fourth-order valence-electron chi connectivity index (χ4n) is 9.49. The van der Waals surface area contributed by atoms with Gasteiger partial charge in [-0.25, -0.2) is 0 Å². The average Bonchev–Trinajstić information content (AvgIpc) is 3.49. The van der Waals surface area contributed by atoms with Crippen LogP contribution in [0, 0.1) is 0 Å². The molecule has 0 aromatic heterocycles. The third kappa shape index (κ3) is 68.2. The number of carbonyl (C=O) groups excluding carboxylic acids is 3. The van der Waals surface area contributed by atoms with E-state index in [1.54, 1.807) is 0 Å². The second-order valence-corrected chi connectivity index (χ2v) is 22.7. The van der Waals surface area contributed by atoms with Crippen LogP contribution in [0.15, 0.2) is 134 Å². The molecule has 0 saturated heterocycles. The van der Waals surface area contributed by atoms with Crippen LogP contribution >= 0.6 is 0 Å². The molecule has 0 saturated carbocycles. The van der Waals surface area contributed by atoms with E-state index in [1.807, 2.05) is 0 Å². The van der Waals surface area contributed by atoms with Crippen molar-refractivity contribution < 1.29 is 28.6 Å². The van der Waals surface area contributed by atoms with Crippen LogP contribution < -0.4 is 0 Å². The monoisotopic (exact) mass is 1150 g/mol. The second kappa shape index (κ2) is 70.0. The first-order valence-electron chi connectivity index (χ1n) is 34.7. The van der Waals surface area contributed by atoms with Crippen molar-refractivity contribution >= 4 is 17.9 Å². The molecule has 83 heavy (non-hydrogen) atoms. The summed E-state index contributed by atoms with van der Waals surface area (Å²) in [5.74, 6) is -0.900. The van der Waals surface area contributed by atoms with Gasteiger partial charge in [-0.3, -0.25) is 14.4 Å². The minimum Gasteiger partial charge on any atom is -0.462 e. The van der Waals surface area contributed by atoms with Gasteiger partial charge in [0.15, 0.2) is 6.10 Å². The van der Waals surface area contributed by atoms with Crippen LogP contribution in [-0.2, 0) is 28.6 Å². The second-order valence-electron chi connectivity index (χ2n) is 22.7. The summed E-state index contributed by atoms with van der Waals surface area (Å²) in [6.07, 6.45) is 98.9. The highest BCUT2D eigenvalue weighted by Crippen LogP contribution is 2.16. The Hall–Kier alpha value is -4.45. The number of unbranched alkanes of at least 4 members (excludes halogenated alkanes) is 29. The van der Waals surface area contributed by atoms with E-state index in [2.05, 4.69) is 154 Å². The molecule has 0 fully saturated rings. The molecule has 0 N–H and O–H groups in total. The highest BCUT2D eigenvalue weighted by Gasteiger charge is 2.19. The van der Waals surface area contributed by atoms with Crippen LogP contribution in [-0.4, -0.2) is 37.2 Å². The molecular formula is C77H128O6. The van der Waals surface area contributed by atoms with Crippen molar-refractivity contribution in [2.24, 2.45) is 0 Å². The molecule has 0 aliphatic carbocycles. The Morgan fingerprint density at radius 3 is 0.747 bits per heavy atom. The van der Waals surface area contributed by atoms with Gasteiger partial charge < -0.3 is 14.2 Å². The Balaban J connectivity index is 4.34. The molecule has 6 nitrogen and oxygen atoms in total. The lowest BCUT2D eigenvalue weighted by atomic mass is 10.1. The predicted molar refractivity (Wildman–Crippen MR) is 362 cm³/mol. The fourth-order valence-corrected chi connectivity index (χ4v) is 9.49. The lowest BCUT2D eigenvalue weighted by Gasteiger charge is -2.18. The van der Waals surface area contributed by atoms with Gasteiger partial charge in [0.1, 0.15) is 13.2 Å². The summed E-state index contributed by atoms with van der Waals surface area (Å²) < 4.78 is 17.0. The number of esters is 3. The molecular weight excluding hydrogens is 1020 g/mol. The van der Waals surface area contributed by atoms with Crippen LogP contribution in [0.3, 0.4) is 0 Å². The van der Waals surface area contributed by atoms with Crippen LogP contribution in [0.25, 0.3) is 0 Å². The summed E-state index contributed by atoms with van der Waals surface area (Å²) in [6, 6.07) is 0. The fraction of sp³-hybridized carbons (Fsp3) is 0.675. The zero-order valence-electron chi connectivity index (χ0n) is 54.2. The molecule has 472 valence electrons. The Morgan fingerprint density at radius 2 is 0.470 bits per heavy atom. The summed E-state index contributed by atoms with van der Waals surface area (Å²) in [4.78, 5) is 38.4. The molecule has 0 spiro atoms. The number of hydrogen-bond acceptors (Lipinski definition) is 6. The summed E-state index contributed by atoms with van der Waals surface area (Å²) in [5, 5.41) is 0. The molecule has 6 heteroatoms. The largest absolute Gasteiger partial charge is 0.462 e. The van der Waals surface area contributed by atoms with E-state index in [1.165, 1.54) is 141 Å². The lowest BCUT2D eigenvalue weighted by Crippen LogP contribution is -2.30.